The fourth-order valence-electron chi connectivity index (χ4n) is 3.44. The highest BCUT2D eigenvalue weighted by Crippen LogP contribution is 2.22. The number of carbonyl (C=O) groups excluding carboxylic acids is 1. The van der Waals surface area contributed by atoms with Crippen LogP contribution in [0.2, 0.25) is 0 Å². The second kappa shape index (κ2) is 7.38. The summed E-state index contributed by atoms with van der Waals surface area (Å²) in [6.07, 6.45) is 2.03. The summed E-state index contributed by atoms with van der Waals surface area (Å²) >= 11 is 1.79. The van der Waals surface area contributed by atoms with Crippen LogP contribution in [-0.4, -0.2) is 29.9 Å². The number of amides is 1. The average Bonchev–Trinajstić information content (AvgIpc) is 3.15. The number of benzene rings is 2. The number of fused-ring (bicyclic) bond motifs is 1. The highest BCUT2D eigenvalue weighted by atomic mass is 32.1. The van der Waals surface area contributed by atoms with E-state index in [4.69, 9.17) is 0 Å². The van der Waals surface area contributed by atoms with Gasteiger partial charge in [0.2, 0.25) is 0 Å². The van der Waals surface area contributed by atoms with Gasteiger partial charge >= 0.3 is 0 Å². The summed E-state index contributed by atoms with van der Waals surface area (Å²) < 4.78 is 1.34. The van der Waals surface area contributed by atoms with Gasteiger partial charge in [0.1, 0.15) is 0 Å². The van der Waals surface area contributed by atoms with Crippen molar-refractivity contribution < 1.29 is 4.79 Å². The number of piperidine rings is 1. The topological polar surface area (TPSA) is 32.3 Å². The predicted molar refractivity (Wildman–Crippen MR) is 104 cm³/mol. The average molecular weight is 350 g/mol. The van der Waals surface area contributed by atoms with E-state index in [1.165, 1.54) is 15.6 Å². The Morgan fingerprint density at radius 2 is 1.88 bits per heavy atom. The maximum Gasteiger partial charge on any atom is 0.253 e. The van der Waals surface area contributed by atoms with E-state index in [9.17, 15) is 4.79 Å². The van der Waals surface area contributed by atoms with Crippen molar-refractivity contribution in [2.45, 2.75) is 25.4 Å². The Labute approximate surface area is 152 Å². The van der Waals surface area contributed by atoms with Crippen molar-refractivity contribution in [3.8, 4) is 0 Å². The number of rotatable bonds is 4. The third-order valence-electron chi connectivity index (χ3n) is 4.91. The number of thiophene rings is 1. The van der Waals surface area contributed by atoms with Crippen LogP contribution in [0.25, 0.3) is 10.1 Å². The Balaban J connectivity index is 1.29. The SMILES string of the molecule is O=C(c1ccccc1)N1CCC(NCc2ccc3sccc3c2)CC1. The van der Waals surface area contributed by atoms with Crippen molar-refractivity contribution in [3.05, 3.63) is 71.1 Å². The molecule has 1 aliphatic rings. The number of carbonyl (C=O) groups is 1. The molecule has 0 radical (unpaired) electrons. The van der Waals surface area contributed by atoms with Crippen LogP contribution in [-0.2, 0) is 6.54 Å². The predicted octanol–water partition coefficient (Wildman–Crippen LogP) is 4.30. The molecule has 1 saturated heterocycles. The number of hydrogen-bond donors (Lipinski definition) is 1. The number of likely N-dealkylation sites (tertiary alicyclic amines) is 1. The van der Waals surface area contributed by atoms with Crippen molar-refractivity contribution in [2.24, 2.45) is 0 Å². The van der Waals surface area contributed by atoms with Crippen LogP contribution < -0.4 is 5.32 Å². The fourth-order valence-corrected chi connectivity index (χ4v) is 4.21. The van der Waals surface area contributed by atoms with Crippen LogP contribution in [0.3, 0.4) is 0 Å². The van der Waals surface area contributed by atoms with Crippen LogP contribution >= 0.6 is 11.3 Å². The summed E-state index contributed by atoms with van der Waals surface area (Å²) in [5, 5.41) is 7.13. The lowest BCUT2D eigenvalue weighted by molar-refractivity contribution is 0.0704. The van der Waals surface area contributed by atoms with E-state index in [2.05, 4.69) is 35.0 Å². The quantitative estimate of drug-likeness (QED) is 0.761. The van der Waals surface area contributed by atoms with Gasteiger partial charge in [-0.15, -0.1) is 11.3 Å². The molecule has 2 aromatic carbocycles. The van der Waals surface area contributed by atoms with E-state index in [0.29, 0.717) is 6.04 Å². The Bertz CT molecular complexity index is 850. The van der Waals surface area contributed by atoms with Gasteiger partial charge in [-0.3, -0.25) is 4.79 Å². The van der Waals surface area contributed by atoms with E-state index in [1.807, 2.05) is 35.2 Å². The maximum absolute atomic E-state index is 12.5. The van der Waals surface area contributed by atoms with Crippen LogP contribution in [0.4, 0.5) is 0 Å². The first-order chi connectivity index (χ1) is 12.3. The third kappa shape index (κ3) is 3.75. The van der Waals surface area contributed by atoms with Gasteiger partial charge in [-0.2, -0.15) is 0 Å². The Morgan fingerprint density at radius 3 is 2.68 bits per heavy atom. The lowest BCUT2D eigenvalue weighted by Crippen LogP contribution is -2.44. The summed E-state index contributed by atoms with van der Waals surface area (Å²) in [6, 6.07) is 18.9. The molecule has 2 heterocycles. The van der Waals surface area contributed by atoms with Crippen LogP contribution in [0.5, 0.6) is 0 Å². The van der Waals surface area contributed by atoms with Crippen molar-refractivity contribution in [1.82, 2.24) is 10.2 Å². The van der Waals surface area contributed by atoms with E-state index in [-0.39, 0.29) is 5.91 Å². The summed E-state index contributed by atoms with van der Waals surface area (Å²) in [7, 11) is 0. The molecule has 1 N–H and O–H groups in total. The molecule has 25 heavy (non-hydrogen) atoms. The van der Waals surface area contributed by atoms with Gasteiger partial charge in [0, 0.05) is 35.9 Å². The monoisotopic (exact) mass is 350 g/mol. The first kappa shape index (κ1) is 16.3. The Morgan fingerprint density at radius 1 is 1.08 bits per heavy atom. The molecule has 128 valence electrons. The lowest BCUT2D eigenvalue weighted by atomic mass is 10.0. The molecule has 0 saturated carbocycles. The van der Waals surface area contributed by atoms with Crippen molar-refractivity contribution in [2.75, 3.05) is 13.1 Å². The number of nitrogens with zero attached hydrogens (tertiary/aromatic N) is 1. The minimum atomic E-state index is 0.155. The van der Waals surface area contributed by atoms with E-state index in [0.717, 1.165) is 38.0 Å². The minimum absolute atomic E-state index is 0.155. The molecule has 1 fully saturated rings. The molecular formula is C21H22N2OS. The minimum Gasteiger partial charge on any atom is -0.339 e. The molecular weight excluding hydrogens is 328 g/mol. The number of hydrogen-bond acceptors (Lipinski definition) is 3. The van der Waals surface area contributed by atoms with E-state index < -0.39 is 0 Å². The molecule has 0 unspecified atom stereocenters. The molecule has 0 aliphatic carbocycles. The lowest BCUT2D eigenvalue weighted by Gasteiger charge is -2.32. The van der Waals surface area contributed by atoms with Gasteiger partial charge in [-0.1, -0.05) is 24.3 Å². The standard InChI is InChI=1S/C21H22N2OS/c24-21(17-4-2-1-3-5-17)23-11-8-19(9-12-23)22-15-16-6-7-20-18(14-16)10-13-25-20/h1-7,10,13-14,19,22H,8-9,11-12,15H2. The second-order valence-corrected chi connectivity index (χ2v) is 7.55. The zero-order valence-electron chi connectivity index (χ0n) is 14.2. The van der Waals surface area contributed by atoms with Crippen molar-refractivity contribution in [1.29, 1.82) is 0 Å². The van der Waals surface area contributed by atoms with Gasteiger partial charge in [-0.25, -0.2) is 0 Å². The summed E-state index contributed by atoms with van der Waals surface area (Å²) in [5.74, 6) is 0.155. The normalized spacial score (nSPS) is 15.6. The summed E-state index contributed by atoms with van der Waals surface area (Å²) in [4.78, 5) is 14.5. The molecule has 1 amide bonds. The fraction of sp³-hybridized carbons (Fsp3) is 0.286. The van der Waals surface area contributed by atoms with Crippen LogP contribution in [0.1, 0.15) is 28.8 Å². The van der Waals surface area contributed by atoms with Gasteiger partial charge in [0.05, 0.1) is 0 Å². The Hall–Kier alpha value is -2.17. The molecule has 4 rings (SSSR count). The van der Waals surface area contributed by atoms with E-state index >= 15 is 0 Å². The Kier molecular flexibility index (Phi) is 4.81. The molecule has 0 atom stereocenters. The molecule has 4 heteroatoms. The number of nitrogens with one attached hydrogen (secondary N) is 1. The van der Waals surface area contributed by atoms with Gasteiger partial charge in [-0.05, 0) is 59.5 Å². The van der Waals surface area contributed by atoms with Gasteiger partial charge in [0.15, 0.2) is 0 Å². The molecule has 1 aromatic heterocycles. The molecule has 1 aliphatic heterocycles. The smallest absolute Gasteiger partial charge is 0.253 e. The summed E-state index contributed by atoms with van der Waals surface area (Å²) in [6.45, 7) is 2.55. The zero-order chi connectivity index (χ0) is 17.1. The first-order valence-corrected chi connectivity index (χ1v) is 9.71. The van der Waals surface area contributed by atoms with Gasteiger partial charge in [0.25, 0.3) is 5.91 Å². The maximum atomic E-state index is 12.5. The van der Waals surface area contributed by atoms with Crippen LogP contribution in [0, 0.1) is 0 Å². The molecule has 3 nitrogen and oxygen atoms in total. The second-order valence-electron chi connectivity index (χ2n) is 6.61. The highest BCUT2D eigenvalue weighted by molar-refractivity contribution is 7.17. The van der Waals surface area contributed by atoms with E-state index in [1.54, 1.807) is 11.3 Å². The summed E-state index contributed by atoms with van der Waals surface area (Å²) in [5.41, 5.74) is 2.12. The first-order valence-electron chi connectivity index (χ1n) is 8.83. The zero-order valence-corrected chi connectivity index (χ0v) is 15.0. The largest absolute Gasteiger partial charge is 0.339 e. The molecule has 0 bridgehead atoms. The van der Waals surface area contributed by atoms with Crippen molar-refractivity contribution >= 4 is 27.3 Å². The van der Waals surface area contributed by atoms with Crippen molar-refractivity contribution in [3.63, 3.8) is 0 Å². The highest BCUT2D eigenvalue weighted by Gasteiger charge is 2.23. The third-order valence-corrected chi connectivity index (χ3v) is 5.81. The van der Waals surface area contributed by atoms with Gasteiger partial charge < -0.3 is 10.2 Å². The molecule has 3 aromatic rings. The van der Waals surface area contributed by atoms with Crippen LogP contribution in [0.15, 0.2) is 60.0 Å². The molecule has 0 spiro atoms.